The third kappa shape index (κ3) is 4.24. The number of carbonyl (C=O) groups is 1. The standard InChI is InChI=1S/C12H19NOS.ClH/c1-5-9(3)13-10(4)12(14)11-6-8(2)7-15-11;/h6-7,9-10,13H,5H2,1-4H3;1H. The third-order valence-corrected chi connectivity index (χ3v) is 3.58. The number of halogens is 1. The number of hydrogen-bond acceptors (Lipinski definition) is 3. The van der Waals surface area contributed by atoms with Crippen molar-refractivity contribution in [2.45, 2.75) is 46.2 Å². The molecule has 0 fully saturated rings. The number of aryl methyl sites for hydroxylation is 1. The maximum absolute atomic E-state index is 12.0. The van der Waals surface area contributed by atoms with Crippen LogP contribution in [0.3, 0.4) is 0 Å². The van der Waals surface area contributed by atoms with Gasteiger partial charge >= 0.3 is 0 Å². The summed E-state index contributed by atoms with van der Waals surface area (Å²) in [4.78, 5) is 12.8. The van der Waals surface area contributed by atoms with Gasteiger partial charge in [0.15, 0.2) is 5.78 Å². The first kappa shape index (κ1) is 15.6. The fourth-order valence-electron chi connectivity index (χ4n) is 1.39. The van der Waals surface area contributed by atoms with Gasteiger partial charge in [0.25, 0.3) is 0 Å². The number of thiophene rings is 1. The predicted molar refractivity (Wildman–Crippen MR) is 73.0 cm³/mol. The van der Waals surface area contributed by atoms with Crippen LogP contribution >= 0.6 is 23.7 Å². The molecule has 1 heterocycles. The predicted octanol–water partition coefficient (Wildman–Crippen LogP) is 3.44. The van der Waals surface area contributed by atoms with Gasteiger partial charge in [-0.25, -0.2) is 0 Å². The van der Waals surface area contributed by atoms with Crippen molar-refractivity contribution in [3.8, 4) is 0 Å². The quantitative estimate of drug-likeness (QED) is 0.823. The van der Waals surface area contributed by atoms with Crippen LogP contribution < -0.4 is 5.32 Å². The number of hydrogen-bond donors (Lipinski definition) is 1. The second kappa shape index (κ2) is 7.05. The average Bonchev–Trinajstić information content (AvgIpc) is 2.63. The van der Waals surface area contributed by atoms with Crippen molar-refractivity contribution < 1.29 is 4.79 Å². The highest BCUT2D eigenvalue weighted by Crippen LogP contribution is 2.15. The Hall–Kier alpha value is -0.380. The molecule has 0 saturated heterocycles. The van der Waals surface area contributed by atoms with Crippen LogP contribution in [0.2, 0.25) is 0 Å². The largest absolute Gasteiger partial charge is 0.305 e. The molecule has 0 radical (unpaired) electrons. The maximum atomic E-state index is 12.0. The lowest BCUT2D eigenvalue weighted by molar-refractivity contribution is 0.0949. The van der Waals surface area contributed by atoms with E-state index in [4.69, 9.17) is 0 Å². The highest BCUT2D eigenvalue weighted by Gasteiger charge is 2.17. The number of rotatable bonds is 5. The van der Waals surface area contributed by atoms with Crippen molar-refractivity contribution in [1.82, 2.24) is 5.32 Å². The first-order valence-electron chi connectivity index (χ1n) is 5.40. The summed E-state index contributed by atoms with van der Waals surface area (Å²) in [5.41, 5.74) is 1.17. The van der Waals surface area contributed by atoms with E-state index in [2.05, 4.69) is 19.2 Å². The molecule has 0 spiro atoms. The van der Waals surface area contributed by atoms with Crippen LogP contribution in [-0.2, 0) is 0 Å². The normalized spacial score (nSPS) is 14.0. The van der Waals surface area contributed by atoms with Gasteiger partial charge in [-0.2, -0.15) is 0 Å². The van der Waals surface area contributed by atoms with Crippen LogP contribution in [-0.4, -0.2) is 17.9 Å². The van der Waals surface area contributed by atoms with E-state index in [1.165, 1.54) is 16.9 Å². The van der Waals surface area contributed by atoms with E-state index < -0.39 is 0 Å². The van der Waals surface area contributed by atoms with Crippen molar-refractivity contribution in [3.05, 3.63) is 21.9 Å². The molecule has 1 aromatic rings. The van der Waals surface area contributed by atoms with Gasteiger partial charge in [0.2, 0.25) is 0 Å². The van der Waals surface area contributed by atoms with Crippen LogP contribution in [0, 0.1) is 6.92 Å². The molecule has 0 bridgehead atoms. The third-order valence-electron chi connectivity index (χ3n) is 2.51. The van der Waals surface area contributed by atoms with Gasteiger partial charge in [-0.3, -0.25) is 4.79 Å². The average molecular weight is 262 g/mol. The van der Waals surface area contributed by atoms with Gasteiger partial charge in [0.05, 0.1) is 10.9 Å². The van der Waals surface area contributed by atoms with E-state index in [0.717, 1.165) is 11.3 Å². The van der Waals surface area contributed by atoms with Crippen LogP contribution in [0.5, 0.6) is 0 Å². The van der Waals surface area contributed by atoms with Gasteiger partial charge in [-0.1, -0.05) is 6.92 Å². The summed E-state index contributed by atoms with van der Waals surface area (Å²) in [6, 6.07) is 2.27. The van der Waals surface area contributed by atoms with Gasteiger partial charge < -0.3 is 5.32 Å². The zero-order chi connectivity index (χ0) is 11.4. The Balaban J connectivity index is 0.00000225. The smallest absolute Gasteiger partial charge is 0.189 e. The minimum absolute atomic E-state index is 0. The maximum Gasteiger partial charge on any atom is 0.189 e. The van der Waals surface area contributed by atoms with E-state index in [1.54, 1.807) is 0 Å². The van der Waals surface area contributed by atoms with E-state index in [1.807, 2.05) is 25.3 Å². The number of ketones is 1. The van der Waals surface area contributed by atoms with Crippen molar-refractivity contribution >= 4 is 29.5 Å². The van der Waals surface area contributed by atoms with Crippen molar-refractivity contribution in [2.24, 2.45) is 0 Å². The Labute approximate surface area is 108 Å². The molecule has 0 aliphatic carbocycles. The Morgan fingerprint density at radius 1 is 1.50 bits per heavy atom. The molecule has 4 heteroatoms. The highest BCUT2D eigenvalue weighted by molar-refractivity contribution is 7.12. The number of carbonyl (C=O) groups excluding carboxylic acids is 1. The molecule has 2 nitrogen and oxygen atoms in total. The van der Waals surface area contributed by atoms with E-state index in [9.17, 15) is 4.79 Å². The molecule has 0 aliphatic rings. The summed E-state index contributed by atoms with van der Waals surface area (Å²) in [7, 11) is 0. The summed E-state index contributed by atoms with van der Waals surface area (Å²) in [5, 5.41) is 5.31. The first-order valence-corrected chi connectivity index (χ1v) is 6.28. The number of Topliss-reactive ketones (excluding diaryl/α,β-unsaturated/α-hetero) is 1. The van der Waals surface area contributed by atoms with Gasteiger partial charge in [0.1, 0.15) is 0 Å². The lowest BCUT2D eigenvalue weighted by Gasteiger charge is -2.16. The number of nitrogens with one attached hydrogen (secondary N) is 1. The Kier molecular flexibility index (Phi) is 6.88. The van der Waals surface area contributed by atoms with Crippen LogP contribution in [0.25, 0.3) is 0 Å². The van der Waals surface area contributed by atoms with E-state index >= 15 is 0 Å². The molecule has 1 aromatic heterocycles. The molecule has 0 aliphatic heterocycles. The zero-order valence-corrected chi connectivity index (χ0v) is 11.9. The molecular formula is C12H20ClNOS. The van der Waals surface area contributed by atoms with Gasteiger partial charge in [-0.05, 0) is 44.2 Å². The van der Waals surface area contributed by atoms with Crippen LogP contribution in [0.4, 0.5) is 0 Å². The van der Waals surface area contributed by atoms with Crippen LogP contribution in [0.15, 0.2) is 11.4 Å². The van der Waals surface area contributed by atoms with E-state index in [-0.39, 0.29) is 24.2 Å². The summed E-state index contributed by atoms with van der Waals surface area (Å²) in [5.74, 6) is 0.202. The molecule has 1 N–H and O–H groups in total. The molecule has 1 rings (SSSR count). The monoisotopic (exact) mass is 261 g/mol. The SMILES string of the molecule is CCC(C)NC(C)C(=O)c1cc(C)cs1.Cl. The summed E-state index contributed by atoms with van der Waals surface area (Å²) in [6.45, 7) is 8.16. The lowest BCUT2D eigenvalue weighted by atomic mass is 10.1. The van der Waals surface area contributed by atoms with E-state index in [0.29, 0.717) is 6.04 Å². The van der Waals surface area contributed by atoms with Crippen molar-refractivity contribution in [3.63, 3.8) is 0 Å². The topological polar surface area (TPSA) is 29.1 Å². The molecular weight excluding hydrogens is 242 g/mol. The molecule has 2 atom stereocenters. The second-order valence-electron chi connectivity index (χ2n) is 4.05. The molecule has 92 valence electrons. The summed E-state index contributed by atoms with van der Waals surface area (Å²) in [6.07, 6.45) is 1.04. The van der Waals surface area contributed by atoms with Gasteiger partial charge in [-0.15, -0.1) is 23.7 Å². The second-order valence-corrected chi connectivity index (χ2v) is 4.96. The first-order chi connectivity index (χ1) is 7.04. The Bertz CT molecular complexity index is 338. The summed E-state index contributed by atoms with van der Waals surface area (Å²) < 4.78 is 0. The van der Waals surface area contributed by atoms with Crippen molar-refractivity contribution in [1.29, 1.82) is 0 Å². The molecule has 0 aromatic carbocycles. The van der Waals surface area contributed by atoms with Crippen LogP contribution in [0.1, 0.15) is 42.4 Å². The minimum Gasteiger partial charge on any atom is -0.305 e. The van der Waals surface area contributed by atoms with Crippen molar-refractivity contribution in [2.75, 3.05) is 0 Å². The summed E-state index contributed by atoms with van der Waals surface area (Å²) >= 11 is 1.53. The highest BCUT2D eigenvalue weighted by atomic mass is 35.5. The van der Waals surface area contributed by atoms with Gasteiger partial charge in [0, 0.05) is 6.04 Å². The fraction of sp³-hybridized carbons (Fsp3) is 0.583. The fourth-order valence-corrected chi connectivity index (χ4v) is 2.32. The zero-order valence-electron chi connectivity index (χ0n) is 10.2. The Morgan fingerprint density at radius 2 is 2.12 bits per heavy atom. The lowest BCUT2D eigenvalue weighted by Crippen LogP contribution is -2.39. The molecule has 0 saturated carbocycles. The molecule has 0 amide bonds. The molecule has 2 unspecified atom stereocenters. The minimum atomic E-state index is -0.0852. The molecule has 16 heavy (non-hydrogen) atoms. The Morgan fingerprint density at radius 3 is 2.56 bits per heavy atom.